The maximum absolute atomic E-state index is 5.21. The Balaban J connectivity index is 2.26. The maximum Gasteiger partial charge on any atom is 0.102 e. The zero-order chi connectivity index (χ0) is 6.15. The van der Waals surface area contributed by atoms with Crippen molar-refractivity contribution >= 4 is 0 Å². The summed E-state index contributed by atoms with van der Waals surface area (Å²) in [4.78, 5) is 0. The molecule has 1 heterocycles. The van der Waals surface area contributed by atoms with Crippen LogP contribution in [0.1, 0.15) is 13.8 Å². The van der Waals surface area contributed by atoms with Crippen LogP contribution in [0.15, 0.2) is 12.7 Å². The third kappa shape index (κ3) is 0.920. The van der Waals surface area contributed by atoms with Crippen molar-refractivity contribution in [1.82, 2.24) is 0 Å². The van der Waals surface area contributed by atoms with Crippen LogP contribution in [0.5, 0.6) is 0 Å². The van der Waals surface area contributed by atoms with Crippen molar-refractivity contribution in [2.75, 3.05) is 0 Å². The minimum Gasteiger partial charge on any atom is -0.365 e. The second-order valence-electron chi connectivity index (χ2n) is 2.55. The largest absolute Gasteiger partial charge is 0.365 e. The fraction of sp³-hybridized carbons (Fsp3) is 0.714. The molecule has 8 heavy (non-hydrogen) atoms. The second kappa shape index (κ2) is 1.90. The average Bonchev–Trinajstić information content (AvgIpc) is 2.42. The molecule has 2 atom stereocenters. The number of ether oxygens (including phenoxy) is 1. The molecule has 0 aliphatic carbocycles. The summed E-state index contributed by atoms with van der Waals surface area (Å²) in [7, 11) is 0. The molecule has 0 aromatic carbocycles. The maximum atomic E-state index is 5.21. The van der Waals surface area contributed by atoms with Crippen molar-refractivity contribution < 1.29 is 4.74 Å². The Morgan fingerprint density at radius 1 is 1.62 bits per heavy atom. The summed E-state index contributed by atoms with van der Waals surface area (Å²) in [5.41, 5.74) is 0. The van der Waals surface area contributed by atoms with Crippen LogP contribution in [-0.2, 0) is 4.74 Å². The van der Waals surface area contributed by atoms with E-state index in [2.05, 4.69) is 20.4 Å². The van der Waals surface area contributed by atoms with Gasteiger partial charge in [-0.1, -0.05) is 19.9 Å². The van der Waals surface area contributed by atoms with Crippen LogP contribution >= 0.6 is 0 Å². The fourth-order valence-electron chi connectivity index (χ4n) is 0.862. The highest BCUT2D eigenvalue weighted by Gasteiger charge is 2.38. The summed E-state index contributed by atoms with van der Waals surface area (Å²) in [6.45, 7) is 7.95. The van der Waals surface area contributed by atoms with E-state index >= 15 is 0 Å². The molecule has 0 spiro atoms. The SMILES string of the molecule is C=CC1OC1C(C)C. The molecule has 0 radical (unpaired) electrons. The Kier molecular flexibility index (Phi) is 1.39. The molecule has 0 N–H and O–H groups in total. The van der Waals surface area contributed by atoms with E-state index in [9.17, 15) is 0 Å². The summed E-state index contributed by atoms with van der Waals surface area (Å²) >= 11 is 0. The smallest absolute Gasteiger partial charge is 0.102 e. The minimum absolute atomic E-state index is 0.356. The molecule has 1 nitrogen and oxygen atoms in total. The molecule has 0 aromatic rings. The van der Waals surface area contributed by atoms with Crippen molar-refractivity contribution in [2.24, 2.45) is 5.92 Å². The number of hydrogen-bond acceptors (Lipinski definition) is 1. The summed E-state index contributed by atoms with van der Waals surface area (Å²) in [5, 5.41) is 0. The monoisotopic (exact) mass is 112 g/mol. The normalized spacial score (nSPS) is 35.4. The molecule has 0 aromatic heterocycles. The number of rotatable bonds is 2. The Morgan fingerprint density at radius 2 is 2.25 bits per heavy atom. The first-order chi connectivity index (χ1) is 3.75. The first kappa shape index (κ1) is 5.83. The molecule has 0 amide bonds. The van der Waals surface area contributed by atoms with E-state index in [0.29, 0.717) is 18.1 Å². The Labute approximate surface area is 50.3 Å². The third-order valence-electron chi connectivity index (χ3n) is 1.45. The van der Waals surface area contributed by atoms with E-state index in [4.69, 9.17) is 4.74 Å². The van der Waals surface area contributed by atoms with Gasteiger partial charge in [0.05, 0.1) is 6.10 Å². The van der Waals surface area contributed by atoms with Crippen molar-refractivity contribution in [3.8, 4) is 0 Å². The van der Waals surface area contributed by atoms with Crippen LogP contribution in [0.25, 0.3) is 0 Å². The van der Waals surface area contributed by atoms with Gasteiger partial charge < -0.3 is 4.74 Å². The molecule has 1 heteroatoms. The van der Waals surface area contributed by atoms with Gasteiger partial charge in [-0.05, 0) is 5.92 Å². The van der Waals surface area contributed by atoms with E-state index in [1.165, 1.54) is 0 Å². The quantitative estimate of drug-likeness (QED) is 0.390. The molecule has 1 aliphatic heterocycles. The Bertz CT molecular complexity index is 96.6. The summed E-state index contributed by atoms with van der Waals surface area (Å²) in [6, 6.07) is 0. The van der Waals surface area contributed by atoms with Crippen LogP contribution in [0.4, 0.5) is 0 Å². The molecular formula is C7H12O. The van der Waals surface area contributed by atoms with Gasteiger partial charge >= 0.3 is 0 Å². The van der Waals surface area contributed by atoms with Gasteiger partial charge in [0.1, 0.15) is 6.10 Å². The summed E-state index contributed by atoms with van der Waals surface area (Å²) in [5.74, 6) is 0.651. The molecule has 2 unspecified atom stereocenters. The van der Waals surface area contributed by atoms with Crippen molar-refractivity contribution in [2.45, 2.75) is 26.1 Å². The zero-order valence-corrected chi connectivity index (χ0v) is 5.42. The molecule has 1 aliphatic rings. The van der Waals surface area contributed by atoms with Gasteiger partial charge in [-0.3, -0.25) is 0 Å². The van der Waals surface area contributed by atoms with Gasteiger partial charge in [-0.15, -0.1) is 6.58 Å². The van der Waals surface area contributed by atoms with Gasteiger partial charge in [-0.2, -0.15) is 0 Å². The van der Waals surface area contributed by atoms with Gasteiger partial charge in [0.25, 0.3) is 0 Å². The predicted octanol–water partition coefficient (Wildman–Crippen LogP) is 1.60. The van der Waals surface area contributed by atoms with Gasteiger partial charge in [0.15, 0.2) is 0 Å². The number of epoxide rings is 1. The standard InChI is InChI=1S/C7H12O/c1-4-6-7(8-6)5(2)3/h4-7H,1H2,2-3H3. The van der Waals surface area contributed by atoms with Crippen molar-refractivity contribution in [3.63, 3.8) is 0 Å². The topological polar surface area (TPSA) is 12.5 Å². The molecular weight excluding hydrogens is 100 g/mol. The molecule has 0 bridgehead atoms. The fourth-order valence-corrected chi connectivity index (χ4v) is 0.862. The zero-order valence-electron chi connectivity index (χ0n) is 5.42. The molecule has 1 saturated heterocycles. The van der Waals surface area contributed by atoms with Crippen molar-refractivity contribution in [1.29, 1.82) is 0 Å². The van der Waals surface area contributed by atoms with Crippen LogP contribution in [-0.4, -0.2) is 12.2 Å². The van der Waals surface area contributed by atoms with Gasteiger partial charge in [0.2, 0.25) is 0 Å². The van der Waals surface area contributed by atoms with Crippen LogP contribution in [0.3, 0.4) is 0 Å². The van der Waals surface area contributed by atoms with E-state index in [1.807, 2.05) is 6.08 Å². The van der Waals surface area contributed by atoms with Crippen LogP contribution in [0, 0.1) is 5.92 Å². The van der Waals surface area contributed by atoms with Crippen LogP contribution < -0.4 is 0 Å². The summed E-state index contributed by atoms with van der Waals surface area (Å²) < 4.78 is 5.21. The predicted molar refractivity (Wildman–Crippen MR) is 33.7 cm³/mol. The lowest BCUT2D eigenvalue weighted by Crippen LogP contribution is -1.99. The third-order valence-corrected chi connectivity index (χ3v) is 1.45. The molecule has 1 rings (SSSR count). The Hall–Kier alpha value is -0.300. The highest BCUT2D eigenvalue weighted by Crippen LogP contribution is 2.29. The highest BCUT2D eigenvalue weighted by atomic mass is 16.6. The first-order valence-corrected chi connectivity index (χ1v) is 3.03. The molecule has 0 saturated carbocycles. The molecule has 1 fully saturated rings. The first-order valence-electron chi connectivity index (χ1n) is 3.03. The van der Waals surface area contributed by atoms with E-state index < -0.39 is 0 Å². The van der Waals surface area contributed by atoms with Gasteiger partial charge in [-0.25, -0.2) is 0 Å². The Morgan fingerprint density at radius 3 is 2.38 bits per heavy atom. The van der Waals surface area contributed by atoms with E-state index in [-0.39, 0.29) is 0 Å². The van der Waals surface area contributed by atoms with Gasteiger partial charge in [0, 0.05) is 0 Å². The van der Waals surface area contributed by atoms with Crippen LogP contribution in [0.2, 0.25) is 0 Å². The lowest BCUT2D eigenvalue weighted by molar-refractivity contribution is 0.345. The molecule has 46 valence electrons. The average molecular weight is 112 g/mol. The highest BCUT2D eigenvalue weighted by molar-refractivity contribution is 4.99. The minimum atomic E-state index is 0.356. The number of hydrogen-bond donors (Lipinski definition) is 0. The van der Waals surface area contributed by atoms with Crippen molar-refractivity contribution in [3.05, 3.63) is 12.7 Å². The second-order valence-corrected chi connectivity index (χ2v) is 2.55. The van der Waals surface area contributed by atoms with E-state index in [1.54, 1.807) is 0 Å². The summed E-state index contributed by atoms with van der Waals surface area (Å²) in [6.07, 6.45) is 2.69. The van der Waals surface area contributed by atoms with E-state index in [0.717, 1.165) is 0 Å². The lowest BCUT2D eigenvalue weighted by Gasteiger charge is -1.92. The lowest BCUT2D eigenvalue weighted by atomic mass is 10.1.